The maximum absolute atomic E-state index is 7.22. The van der Waals surface area contributed by atoms with Crippen LogP contribution in [0, 0.1) is 27.7 Å². The number of aryl methyl sites for hydroxylation is 4. The molecule has 0 radical (unpaired) electrons. The summed E-state index contributed by atoms with van der Waals surface area (Å²) in [5.41, 5.74) is 23.6. The summed E-state index contributed by atoms with van der Waals surface area (Å²) in [5, 5.41) is 0. The summed E-state index contributed by atoms with van der Waals surface area (Å²) in [6, 6.07) is 53.9. The zero-order valence-corrected chi connectivity index (χ0v) is 35.7. The largest absolute Gasteiger partial charge is 0.456 e. The Hall–Kier alpha value is -6.64. The molecule has 0 saturated heterocycles. The van der Waals surface area contributed by atoms with Gasteiger partial charge in [-0.25, -0.2) is 0 Å². The van der Waals surface area contributed by atoms with Crippen LogP contribution in [-0.2, 0) is 10.8 Å². The van der Waals surface area contributed by atoms with Gasteiger partial charge in [0, 0.05) is 44.2 Å². The Labute approximate surface area is 354 Å². The molecule has 2 nitrogen and oxygen atoms in total. The topological polar surface area (TPSA) is 18.5 Å². The molecule has 2 heterocycles. The van der Waals surface area contributed by atoms with E-state index in [4.69, 9.17) is 9.47 Å². The van der Waals surface area contributed by atoms with Crippen LogP contribution >= 0.6 is 0 Å². The molecule has 0 saturated carbocycles. The van der Waals surface area contributed by atoms with Crippen molar-refractivity contribution in [1.29, 1.82) is 0 Å². The number of ether oxygens (including phenoxy) is 2. The van der Waals surface area contributed by atoms with Gasteiger partial charge in [0.15, 0.2) is 0 Å². The highest BCUT2D eigenvalue weighted by atomic mass is 16.5. The summed E-state index contributed by atoms with van der Waals surface area (Å²) in [5.74, 6) is 3.75. The van der Waals surface area contributed by atoms with E-state index in [-0.39, 0.29) is 10.8 Å². The van der Waals surface area contributed by atoms with Crippen LogP contribution in [0.5, 0.6) is 23.0 Å². The van der Waals surface area contributed by atoms with Gasteiger partial charge < -0.3 is 9.47 Å². The molecule has 0 unspecified atom stereocenters. The second-order valence-corrected chi connectivity index (χ2v) is 18.3. The van der Waals surface area contributed by atoms with Gasteiger partial charge in [-0.1, -0.05) is 149 Å². The maximum atomic E-state index is 7.22. The molecule has 0 aromatic heterocycles. The average molecular weight is 777 g/mol. The average Bonchev–Trinajstić information content (AvgIpc) is 3.23. The number of hydrogen-bond donors (Lipinski definition) is 0. The third-order valence-electron chi connectivity index (χ3n) is 13.8. The van der Waals surface area contributed by atoms with E-state index in [0.717, 1.165) is 45.3 Å². The number of rotatable bonds is 2. The Morgan fingerprint density at radius 2 is 0.783 bits per heavy atom. The molecule has 2 aliphatic heterocycles. The molecule has 3 aliphatic rings. The van der Waals surface area contributed by atoms with Gasteiger partial charge in [0.2, 0.25) is 0 Å². The second kappa shape index (κ2) is 12.9. The van der Waals surface area contributed by atoms with E-state index in [9.17, 15) is 0 Å². The Bertz CT molecular complexity index is 3130. The van der Waals surface area contributed by atoms with Crippen molar-refractivity contribution in [3.05, 3.63) is 190 Å². The third-order valence-corrected chi connectivity index (χ3v) is 13.8. The highest BCUT2D eigenvalue weighted by molar-refractivity contribution is 6.04. The highest BCUT2D eigenvalue weighted by Crippen LogP contribution is 2.57. The Kier molecular flexibility index (Phi) is 7.85. The SMILES string of the molecule is Cc1ccc2c(c1)Oc1c(ccc(C)c1-c1cc3c(cc1C)Oc1c(ccc(C)c1-c1ccc4c(c1)-c1ccccc1-c1ccccc1-c1ccccc1-4)C3(C)C)C2(C)C. The Balaban J connectivity index is 1.07. The zero-order chi connectivity index (χ0) is 41.2. The van der Waals surface area contributed by atoms with Gasteiger partial charge in [0.05, 0.1) is 0 Å². The molecule has 0 N–H and O–H groups in total. The van der Waals surface area contributed by atoms with Crippen LogP contribution in [0.4, 0.5) is 0 Å². The summed E-state index contributed by atoms with van der Waals surface area (Å²) in [6.45, 7) is 18.1. The molecule has 8 aromatic rings. The fourth-order valence-electron chi connectivity index (χ4n) is 10.5. The van der Waals surface area contributed by atoms with E-state index in [1.165, 1.54) is 89.0 Å². The van der Waals surface area contributed by atoms with Crippen molar-refractivity contribution in [2.24, 2.45) is 0 Å². The number of hydrogen-bond acceptors (Lipinski definition) is 2. The normalized spacial score (nSPS) is 14.5. The second-order valence-electron chi connectivity index (χ2n) is 18.3. The van der Waals surface area contributed by atoms with Gasteiger partial charge in [0.1, 0.15) is 23.0 Å². The smallest absolute Gasteiger partial charge is 0.139 e. The molecule has 11 rings (SSSR count). The van der Waals surface area contributed by atoms with Crippen LogP contribution < -0.4 is 9.47 Å². The summed E-state index contributed by atoms with van der Waals surface area (Å²) in [4.78, 5) is 0. The first-order valence-corrected chi connectivity index (χ1v) is 21.3. The quantitative estimate of drug-likeness (QED) is 0.174. The van der Waals surface area contributed by atoms with Gasteiger partial charge in [-0.2, -0.15) is 0 Å². The van der Waals surface area contributed by atoms with Crippen molar-refractivity contribution < 1.29 is 9.47 Å². The number of benzene rings is 8. The van der Waals surface area contributed by atoms with E-state index in [0.29, 0.717) is 0 Å². The highest BCUT2D eigenvalue weighted by Gasteiger charge is 2.40. The molecular weight excluding hydrogens is 729 g/mol. The summed E-state index contributed by atoms with van der Waals surface area (Å²) in [7, 11) is 0. The molecule has 2 heteroatoms. The standard InChI is InChI=1S/C58H48O2/c1-33-21-26-47-51(29-33)59-56-49(57(47,5)6)28-23-35(3)54(56)45-32-50-52(30-36(45)4)60-55-48(58(50,7)8)27-22-34(2)53(55)37-24-25-44-42-19-12-11-17-40(42)38-15-9-10-16-39(38)41-18-13-14-20-43(41)46(44)31-37/h9-32H,1-8H3. The zero-order valence-electron chi connectivity index (χ0n) is 35.7. The van der Waals surface area contributed by atoms with Crippen LogP contribution in [0.3, 0.4) is 0 Å². The van der Waals surface area contributed by atoms with E-state index < -0.39 is 0 Å². The first-order chi connectivity index (χ1) is 28.9. The van der Waals surface area contributed by atoms with E-state index in [1.54, 1.807) is 0 Å². The molecule has 0 spiro atoms. The molecule has 60 heavy (non-hydrogen) atoms. The van der Waals surface area contributed by atoms with Crippen molar-refractivity contribution in [2.75, 3.05) is 0 Å². The molecule has 292 valence electrons. The van der Waals surface area contributed by atoms with Crippen molar-refractivity contribution in [2.45, 2.75) is 66.2 Å². The molecule has 8 aromatic carbocycles. The summed E-state index contributed by atoms with van der Waals surface area (Å²) >= 11 is 0. The number of fused-ring (bicyclic) bond motifs is 12. The third kappa shape index (κ3) is 5.19. The minimum Gasteiger partial charge on any atom is -0.456 e. The van der Waals surface area contributed by atoms with Gasteiger partial charge in [-0.15, -0.1) is 0 Å². The van der Waals surface area contributed by atoms with Gasteiger partial charge in [-0.3, -0.25) is 0 Å². The van der Waals surface area contributed by atoms with E-state index in [1.807, 2.05) is 0 Å². The summed E-state index contributed by atoms with van der Waals surface area (Å²) < 4.78 is 14.1. The minimum absolute atomic E-state index is 0.207. The van der Waals surface area contributed by atoms with Crippen molar-refractivity contribution >= 4 is 0 Å². The first kappa shape index (κ1) is 36.4. The van der Waals surface area contributed by atoms with E-state index >= 15 is 0 Å². The van der Waals surface area contributed by atoms with Gasteiger partial charge >= 0.3 is 0 Å². The molecule has 1 aliphatic carbocycles. The van der Waals surface area contributed by atoms with Crippen LogP contribution in [-0.4, -0.2) is 0 Å². The van der Waals surface area contributed by atoms with Gasteiger partial charge in [0.25, 0.3) is 0 Å². The fourth-order valence-corrected chi connectivity index (χ4v) is 10.5. The minimum atomic E-state index is -0.348. The van der Waals surface area contributed by atoms with Gasteiger partial charge in [-0.05, 0) is 130 Å². The lowest BCUT2D eigenvalue weighted by Gasteiger charge is -2.38. The van der Waals surface area contributed by atoms with Crippen LogP contribution in [0.25, 0.3) is 66.8 Å². The predicted octanol–water partition coefficient (Wildman–Crippen LogP) is 16.1. The maximum Gasteiger partial charge on any atom is 0.139 e. The van der Waals surface area contributed by atoms with Crippen LogP contribution in [0.1, 0.15) is 72.2 Å². The monoisotopic (exact) mass is 776 g/mol. The summed E-state index contributed by atoms with van der Waals surface area (Å²) in [6.07, 6.45) is 0. The van der Waals surface area contributed by atoms with Crippen molar-refractivity contribution in [1.82, 2.24) is 0 Å². The lowest BCUT2D eigenvalue weighted by atomic mass is 9.72. The lowest BCUT2D eigenvalue weighted by Crippen LogP contribution is -2.26. The van der Waals surface area contributed by atoms with Crippen molar-refractivity contribution in [3.8, 4) is 89.8 Å². The first-order valence-electron chi connectivity index (χ1n) is 21.3. The lowest BCUT2D eigenvalue weighted by molar-refractivity contribution is 0.417. The molecule has 0 fully saturated rings. The molecule has 0 atom stereocenters. The Morgan fingerprint density at radius 3 is 1.35 bits per heavy atom. The van der Waals surface area contributed by atoms with Crippen LogP contribution in [0.15, 0.2) is 146 Å². The Morgan fingerprint density at radius 1 is 0.333 bits per heavy atom. The van der Waals surface area contributed by atoms with Crippen LogP contribution in [0.2, 0.25) is 0 Å². The van der Waals surface area contributed by atoms with E-state index in [2.05, 4.69) is 201 Å². The van der Waals surface area contributed by atoms with Crippen molar-refractivity contribution in [3.63, 3.8) is 0 Å². The molecular formula is C58H48O2. The predicted molar refractivity (Wildman–Crippen MR) is 249 cm³/mol. The molecule has 0 amide bonds. The molecule has 0 bridgehead atoms. The fraction of sp³-hybridized carbons (Fsp3) is 0.172.